The first-order valence-electron chi connectivity index (χ1n) is 7.07. The van der Waals surface area contributed by atoms with Crippen LogP contribution in [0.1, 0.15) is 12.8 Å². The number of benzene rings is 1. The Morgan fingerprint density at radius 1 is 1.20 bits per heavy atom. The van der Waals surface area contributed by atoms with Crippen molar-refractivity contribution in [3.63, 3.8) is 0 Å². The number of aliphatic imine (C=N–C) groups is 1. The number of rotatable bonds is 2. The van der Waals surface area contributed by atoms with Gasteiger partial charge in [0.15, 0.2) is 5.96 Å². The monoisotopic (exact) mass is 274 g/mol. The second-order valence-corrected chi connectivity index (χ2v) is 5.74. The highest BCUT2D eigenvalue weighted by Crippen LogP contribution is 2.36. The Hall–Kier alpha value is -1.75. The van der Waals surface area contributed by atoms with Crippen molar-refractivity contribution in [2.24, 2.45) is 10.7 Å². The number of methoxy groups -OCH3 is 1. The topological polar surface area (TPSA) is 54.1 Å². The molecule has 1 saturated heterocycles. The van der Waals surface area contributed by atoms with Gasteiger partial charge in [-0.1, -0.05) is 0 Å². The van der Waals surface area contributed by atoms with Crippen LogP contribution in [0.5, 0.6) is 5.75 Å². The third-order valence-electron chi connectivity index (χ3n) is 4.49. The van der Waals surface area contributed by atoms with Crippen LogP contribution in [0.15, 0.2) is 29.3 Å². The smallest absolute Gasteiger partial charge is 0.196 e. The highest BCUT2D eigenvalue weighted by molar-refractivity contribution is 5.98. The predicted octanol–water partition coefficient (Wildman–Crippen LogP) is 1.29. The van der Waals surface area contributed by atoms with E-state index in [4.69, 9.17) is 10.5 Å². The normalized spacial score (nSPS) is 22.1. The largest absolute Gasteiger partial charge is 0.497 e. The molecular weight excluding hydrogens is 252 g/mol. The maximum atomic E-state index is 6.15. The Morgan fingerprint density at radius 2 is 1.85 bits per heavy atom. The molecule has 0 amide bonds. The number of guanidine groups is 1. The van der Waals surface area contributed by atoms with Crippen molar-refractivity contribution in [3.8, 4) is 5.75 Å². The van der Waals surface area contributed by atoms with E-state index in [2.05, 4.69) is 34.0 Å². The fourth-order valence-corrected chi connectivity index (χ4v) is 3.17. The van der Waals surface area contributed by atoms with Gasteiger partial charge >= 0.3 is 0 Å². The molecule has 0 atom stereocenters. The number of ether oxygens (including phenoxy) is 1. The maximum absolute atomic E-state index is 6.15. The summed E-state index contributed by atoms with van der Waals surface area (Å²) in [6.07, 6.45) is 2.19. The van der Waals surface area contributed by atoms with E-state index in [9.17, 15) is 0 Å². The van der Waals surface area contributed by atoms with Crippen molar-refractivity contribution < 1.29 is 4.74 Å². The lowest BCUT2D eigenvalue weighted by atomic mass is 9.86. The van der Waals surface area contributed by atoms with Crippen molar-refractivity contribution in [1.82, 2.24) is 4.90 Å². The summed E-state index contributed by atoms with van der Waals surface area (Å²) >= 11 is 0. The van der Waals surface area contributed by atoms with Crippen molar-refractivity contribution >= 4 is 11.6 Å². The minimum absolute atomic E-state index is 0.0607. The number of hydrogen-bond donors (Lipinski definition) is 1. The van der Waals surface area contributed by atoms with E-state index >= 15 is 0 Å². The Balaban J connectivity index is 1.89. The van der Waals surface area contributed by atoms with Gasteiger partial charge in [0.25, 0.3) is 0 Å². The van der Waals surface area contributed by atoms with Crippen LogP contribution in [-0.4, -0.2) is 50.2 Å². The van der Waals surface area contributed by atoms with Gasteiger partial charge in [-0.25, -0.2) is 0 Å². The van der Waals surface area contributed by atoms with Crippen molar-refractivity contribution in [3.05, 3.63) is 24.3 Å². The lowest BCUT2D eigenvalue weighted by molar-refractivity contribution is 0.202. The van der Waals surface area contributed by atoms with Gasteiger partial charge in [0.1, 0.15) is 5.75 Å². The molecule has 1 aromatic carbocycles. The molecule has 0 bridgehead atoms. The molecule has 108 valence electrons. The molecule has 0 aromatic heterocycles. The summed E-state index contributed by atoms with van der Waals surface area (Å²) in [5.41, 5.74) is 7.32. The molecule has 0 aliphatic carbocycles. The molecule has 0 unspecified atom stereocenters. The SMILES string of the molecule is COc1ccc(N2C(N)=NCC23CCN(C)CC3)cc1. The zero-order valence-electron chi connectivity index (χ0n) is 12.2. The summed E-state index contributed by atoms with van der Waals surface area (Å²) in [5.74, 6) is 1.50. The third-order valence-corrected chi connectivity index (χ3v) is 4.49. The zero-order valence-corrected chi connectivity index (χ0v) is 12.2. The van der Waals surface area contributed by atoms with Crippen LogP contribution in [0.3, 0.4) is 0 Å². The molecule has 2 aliphatic heterocycles. The second-order valence-electron chi connectivity index (χ2n) is 5.74. The van der Waals surface area contributed by atoms with Crippen LogP contribution in [0.25, 0.3) is 0 Å². The lowest BCUT2D eigenvalue weighted by Crippen LogP contribution is -2.57. The summed E-state index contributed by atoms with van der Waals surface area (Å²) in [4.78, 5) is 9.10. The summed E-state index contributed by atoms with van der Waals surface area (Å²) in [6.45, 7) is 2.99. The van der Waals surface area contributed by atoms with Gasteiger partial charge in [-0.05, 0) is 44.2 Å². The first-order valence-corrected chi connectivity index (χ1v) is 7.07. The third kappa shape index (κ3) is 2.12. The molecule has 2 heterocycles. The molecule has 3 rings (SSSR count). The van der Waals surface area contributed by atoms with E-state index in [0.29, 0.717) is 5.96 Å². The number of hydrogen-bond acceptors (Lipinski definition) is 5. The average Bonchev–Trinajstić information content (AvgIpc) is 2.80. The van der Waals surface area contributed by atoms with Crippen LogP contribution in [-0.2, 0) is 0 Å². The number of likely N-dealkylation sites (tertiary alicyclic amines) is 1. The minimum Gasteiger partial charge on any atom is -0.497 e. The fraction of sp³-hybridized carbons (Fsp3) is 0.533. The average molecular weight is 274 g/mol. The quantitative estimate of drug-likeness (QED) is 0.883. The summed E-state index contributed by atoms with van der Waals surface area (Å²) in [5, 5.41) is 0. The Labute approximate surface area is 120 Å². The highest BCUT2D eigenvalue weighted by Gasteiger charge is 2.44. The number of nitrogens with two attached hydrogens (primary N) is 1. The van der Waals surface area contributed by atoms with Gasteiger partial charge in [-0.15, -0.1) is 0 Å². The molecule has 1 spiro atoms. The van der Waals surface area contributed by atoms with E-state index in [1.54, 1.807) is 7.11 Å². The standard InChI is InChI=1S/C15H22N4O/c1-18-9-7-15(8-10-18)11-17-14(16)19(15)12-3-5-13(20-2)6-4-12/h3-6H,7-11H2,1-2H3,(H2,16,17). The molecule has 5 nitrogen and oxygen atoms in total. The number of piperidine rings is 1. The molecule has 1 fully saturated rings. The van der Waals surface area contributed by atoms with Crippen LogP contribution in [0.2, 0.25) is 0 Å². The van der Waals surface area contributed by atoms with Gasteiger partial charge < -0.3 is 20.3 Å². The van der Waals surface area contributed by atoms with Crippen molar-refractivity contribution in [2.75, 3.05) is 38.7 Å². The van der Waals surface area contributed by atoms with Gasteiger partial charge in [0, 0.05) is 18.8 Å². The predicted molar refractivity (Wildman–Crippen MR) is 81.4 cm³/mol. The molecule has 0 saturated carbocycles. The first kappa shape index (κ1) is 13.2. The van der Waals surface area contributed by atoms with E-state index in [1.807, 2.05) is 12.1 Å². The molecule has 0 radical (unpaired) electrons. The molecule has 5 heteroatoms. The Bertz CT molecular complexity index is 503. The van der Waals surface area contributed by atoms with Gasteiger partial charge in [-0.3, -0.25) is 4.99 Å². The van der Waals surface area contributed by atoms with Crippen LogP contribution in [0.4, 0.5) is 5.69 Å². The Kier molecular flexibility index (Phi) is 3.30. The summed E-state index contributed by atoms with van der Waals surface area (Å²) in [7, 11) is 3.85. The molecule has 1 aromatic rings. The van der Waals surface area contributed by atoms with Crippen LogP contribution < -0.4 is 15.4 Å². The fourth-order valence-electron chi connectivity index (χ4n) is 3.17. The van der Waals surface area contributed by atoms with E-state index in [-0.39, 0.29) is 5.54 Å². The first-order chi connectivity index (χ1) is 9.64. The van der Waals surface area contributed by atoms with Crippen LogP contribution in [0, 0.1) is 0 Å². The molecular formula is C15H22N4O. The van der Waals surface area contributed by atoms with E-state index in [0.717, 1.165) is 43.9 Å². The van der Waals surface area contributed by atoms with Crippen molar-refractivity contribution in [1.29, 1.82) is 0 Å². The zero-order chi connectivity index (χ0) is 14.2. The van der Waals surface area contributed by atoms with Gasteiger partial charge in [-0.2, -0.15) is 0 Å². The van der Waals surface area contributed by atoms with Crippen LogP contribution >= 0.6 is 0 Å². The van der Waals surface area contributed by atoms with E-state index < -0.39 is 0 Å². The molecule has 2 aliphatic rings. The summed E-state index contributed by atoms with van der Waals surface area (Å²) < 4.78 is 5.22. The number of anilines is 1. The second kappa shape index (κ2) is 4.98. The summed E-state index contributed by atoms with van der Waals surface area (Å²) in [6, 6.07) is 8.08. The molecule has 2 N–H and O–H groups in total. The highest BCUT2D eigenvalue weighted by atomic mass is 16.5. The molecule has 20 heavy (non-hydrogen) atoms. The van der Waals surface area contributed by atoms with E-state index in [1.165, 1.54) is 0 Å². The minimum atomic E-state index is 0.0607. The lowest BCUT2D eigenvalue weighted by Gasteiger charge is -2.44. The van der Waals surface area contributed by atoms with Gasteiger partial charge in [0.2, 0.25) is 0 Å². The maximum Gasteiger partial charge on any atom is 0.196 e. The van der Waals surface area contributed by atoms with Crippen molar-refractivity contribution in [2.45, 2.75) is 18.4 Å². The Morgan fingerprint density at radius 3 is 2.45 bits per heavy atom. The van der Waals surface area contributed by atoms with Gasteiger partial charge in [0.05, 0.1) is 19.2 Å². The number of nitrogens with zero attached hydrogens (tertiary/aromatic N) is 3.